The van der Waals surface area contributed by atoms with Crippen LogP contribution in [0.25, 0.3) is 0 Å². The Balaban J connectivity index is 1.86. The van der Waals surface area contributed by atoms with Gasteiger partial charge in [-0.2, -0.15) is 0 Å². The first kappa shape index (κ1) is 19.3. The summed E-state index contributed by atoms with van der Waals surface area (Å²) in [4.78, 5) is 0.217. The number of methoxy groups -OCH3 is 1. The Morgan fingerprint density at radius 2 is 1.80 bits per heavy atom. The molecular weight excluding hydrogens is 338 g/mol. The molecule has 0 heterocycles. The van der Waals surface area contributed by atoms with Crippen molar-refractivity contribution in [2.45, 2.75) is 31.6 Å². The van der Waals surface area contributed by atoms with E-state index in [0.717, 1.165) is 24.2 Å². The fourth-order valence-corrected chi connectivity index (χ4v) is 3.59. The van der Waals surface area contributed by atoms with Gasteiger partial charge in [-0.05, 0) is 54.8 Å². The van der Waals surface area contributed by atoms with Crippen LogP contribution in [-0.4, -0.2) is 28.7 Å². The second-order valence-corrected chi connectivity index (χ2v) is 7.54. The molecule has 25 heavy (non-hydrogen) atoms. The average Bonchev–Trinajstić information content (AvgIpc) is 2.60. The fourth-order valence-electron chi connectivity index (χ4n) is 2.49. The molecule has 0 unspecified atom stereocenters. The van der Waals surface area contributed by atoms with Crippen LogP contribution in [0.1, 0.15) is 24.5 Å². The molecule has 6 heteroatoms. The lowest BCUT2D eigenvalue weighted by molar-refractivity contribution is 0.322. The summed E-state index contributed by atoms with van der Waals surface area (Å²) in [6.45, 7) is 4.41. The molecule has 2 aromatic rings. The molecule has 0 radical (unpaired) electrons. The van der Waals surface area contributed by atoms with E-state index < -0.39 is 10.0 Å². The van der Waals surface area contributed by atoms with Crippen molar-refractivity contribution in [3.63, 3.8) is 0 Å². The van der Waals surface area contributed by atoms with Crippen LogP contribution < -0.4 is 14.2 Å². The van der Waals surface area contributed by atoms with Crippen LogP contribution in [0, 0.1) is 6.92 Å². The van der Waals surface area contributed by atoms with Gasteiger partial charge in [0.05, 0.1) is 12.0 Å². The van der Waals surface area contributed by atoms with Crippen molar-refractivity contribution in [1.29, 1.82) is 0 Å². The molecule has 2 aromatic carbocycles. The minimum atomic E-state index is -3.56. The predicted octanol–water partition coefficient (Wildman–Crippen LogP) is 3.31. The number of aryl methyl sites for hydroxylation is 2. The molecule has 0 atom stereocenters. The van der Waals surface area contributed by atoms with E-state index in [0.29, 0.717) is 5.75 Å². The smallest absolute Gasteiger partial charge is 0.240 e. The van der Waals surface area contributed by atoms with Gasteiger partial charge in [-0.1, -0.05) is 25.5 Å². The molecule has 0 aliphatic carbocycles. The maximum atomic E-state index is 12.3. The number of sulfonamides is 1. The van der Waals surface area contributed by atoms with Crippen LogP contribution >= 0.6 is 0 Å². The molecule has 0 aliphatic rings. The Morgan fingerprint density at radius 3 is 2.40 bits per heavy atom. The Kier molecular flexibility index (Phi) is 6.84. The molecule has 0 spiro atoms. The van der Waals surface area contributed by atoms with Crippen molar-refractivity contribution >= 4 is 10.0 Å². The number of benzene rings is 2. The highest BCUT2D eigenvalue weighted by Gasteiger charge is 2.14. The first-order valence-corrected chi connectivity index (χ1v) is 9.80. The van der Waals surface area contributed by atoms with E-state index in [4.69, 9.17) is 9.47 Å². The van der Waals surface area contributed by atoms with Gasteiger partial charge in [-0.3, -0.25) is 0 Å². The summed E-state index contributed by atoms with van der Waals surface area (Å²) in [6.07, 6.45) is 2.15. The molecule has 0 saturated carbocycles. The number of hydrogen-bond donors (Lipinski definition) is 1. The maximum Gasteiger partial charge on any atom is 0.240 e. The van der Waals surface area contributed by atoms with Crippen molar-refractivity contribution in [2.24, 2.45) is 0 Å². The normalized spacial score (nSPS) is 11.3. The van der Waals surface area contributed by atoms with Gasteiger partial charge in [-0.25, -0.2) is 13.1 Å². The van der Waals surface area contributed by atoms with E-state index in [-0.39, 0.29) is 18.0 Å². The lowest BCUT2D eigenvalue weighted by Crippen LogP contribution is -2.28. The number of ether oxygens (including phenoxy) is 2. The molecule has 0 fully saturated rings. The average molecular weight is 363 g/mol. The van der Waals surface area contributed by atoms with E-state index in [1.165, 1.54) is 11.6 Å². The molecule has 136 valence electrons. The summed E-state index contributed by atoms with van der Waals surface area (Å²) in [5.41, 5.74) is 2.04. The van der Waals surface area contributed by atoms with Gasteiger partial charge in [0.1, 0.15) is 18.1 Å². The zero-order valence-corrected chi connectivity index (χ0v) is 15.7. The number of hydrogen-bond acceptors (Lipinski definition) is 4. The molecule has 0 bridgehead atoms. The summed E-state index contributed by atoms with van der Waals surface area (Å²) < 4.78 is 37.9. The first-order chi connectivity index (χ1) is 12.0. The molecule has 0 saturated heterocycles. The molecule has 2 rings (SSSR count). The number of rotatable bonds is 9. The summed E-state index contributed by atoms with van der Waals surface area (Å²) in [5, 5.41) is 0. The molecule has 1 N–H and O–H groups in total. The first-order valence-electron chi connectivity index (χ1n) is 8.32. The van der Waals surface area contributed by atoms with Gasteiger partial charge in [0.2, 0.25) is 10.0 Å². The number of nitrogens with one attached hydrogen (secondary N) is 1. The third-order valence-corrected chi connectivity index (χ3v) is 5.26. The third kappa shape index (κ3) is 5.47. The van der Waals surface area contributed by atoms with E-state index in [1.807, 2.05) is 31.2 Å². The van der Waals surface area contributed by atoms with Crippen molar-refractivity contribution in [1.82, 2.24) is 4.72 Å². The van der Waals surface area contributed by atoms with E-state index >= 15 is 0 Å². The van der Waals surface area contributed by atoms with Crippen molar-refractivity contribution in [3.8, 4) is 11.5 Å². The van der Waals surface area contributed by atoms with Crippen LogP contribution in [0.4, 0.5) is 0 Å². The largest absolute Gasteiger partial charge is 0.496 e. The SMILES string of the molecule is CCCc1ccc(OCCNS(=O)(=O)c2ccc(OC)c(C)c2)cc1. The minimum Gasteiger partial charge on any atom is -0.496 e. The van der Waals surface area contributed by atoms with Gasteiger partial charge < -0.3 is 9.47 Å². The monoisotopic (exact) mass is 363 g/mol. The summed E-state index contributed by atoms with van der Waals surface area (Å²) >= 11 is 0. The lowest BCUT2D eigenvalue weighted by Gasteiger charge is -2.11. The lowest BCUT2D eigenvalue weighted by atomic mass is 10.1. The summed E-state index contributed by atoms with van der Waals surface area (Å²) in [7, 11) is -2.01. The zero-order valence-electron chi connectivity index (χ0n) is 14.9. The van der Waals surface area contributed by atoms with Crippen molar-refractivity contribution in [2.75, 3.05) is 20.3 Å². The molecular formula is C19H25NO4S. The Labute approximate surface area is 150 Å². The predicted molar refractivity (Wildman–Crippen MR) is 98.9 cm³/mol. The zero-order chi connectivity index (χ0) is 18.3. The van der Waals surface area contributed by atoms with Gasteiger partial charge in [0.15, 0.2) is 0 Å². The molecule has 0 aromatic heterocycles. The molecule has 0 aliphatic heterocycles. The highest BCUT2D eigenvalue weighted by atomic mass is 32.2. The van der Waals surface area contributed by atoms with Crippen molar-refractivity contribution < 1.29 is 17.9 Å². The Morgan fingerprint density at radius 1 is 1.08 bits per heavy atom. The van der Waals surface area contributed by atoms with Gasteiger partial charge in [0.25, 0.3) is 0 Å². The molecule has 5 nitrogen and oxygen atoms in total. The summed E-state index contributed by atoms with van der Waals surface area (Å²) in [5.74, 6) is 1.40. The van der Waals surface area contributed by atoms with Gasteiger partial charge in [0, 0.05) is 6.54 Å². The van der Waals surface area contributed by atoms with Crippen LogP contribution in [0.5, 0.6) is 11.5 Å². The Hall–Kier alpha value is -2.05. The molecule has 0 amide bonds. The highest BCUT2D eigenvalue weighted by Crippen LogP contribution is 2.21. The fraction of sp³-hybridized carbons (Fsp3) is 0.368. The van der Waals surface area contributed by atoms with E-state index in [9.17, 15) is 8.42 Å². The highest BCUT2D eigenvalue weighted by molar-refractivity contribution is 7.89. The van der Waals surface area contributed by atoms with Crippen LogP contribution in [0.15, 0.2) is 47.4 Å². The second kappa shape index (κ2) is 8.87. The van der Waals surface area contributed by atoms with E-state index in [1.54, 1.807) is 19.2 Å². The van der Waals surface area contributed by atoms with Crippen LogP contribution in [-0.2, 0) is 16.4 Å². The topological polar surface area (TPSA) is 64.6 Å². The van der Waals surface area contributed by atoms with Gasteiger partial charge >= 0.3 is 0 Å². The summed E-state index contributed by atoms with van der Waals surface area (Å²) in [6, 6.07) is 12.7. The standard InChI is InChI=1S/C19H25NO4S/c1-4-5-16-6-8-17(9-7-16)24-13-12-20-25(21,22)18-10-11-19(23-3)15(2)14-18/h6-11,14,20H,4-5,12-13H2,1-3H3. The minimum absolute atomic E-state index is 0.199. The van der Waals surface area contributed by atoms with Crippen molar-refractivity contribution in [3.05, 3.63) is 53.6 Å². The van der Waals surface area contributed by atoms with Crippen LogP contribution in [0.2, 0.25) is 0 Å². The Bertz CT molecular complexity index is 786. The second-order valence-electron chi connectivity index (χ2n) is 5.77. The maximum absolute atomic E-state index is 12.3. The van der Waals surface area contributed by atoms with E-state index in [2.05, 4.69) is 11.6 Å². The van der Waals surface area contributed by atoms with Crippen LogP contribution in [0.3, 0.4) is 0 Å². The van der Waals surface area contributed by atoms with Gasteiger partial charge in [-0.15, -0.1) is 0 Å². The quantitative estimate of drug-likeness (QED) is 0.694. The third-order valence-electron chi connectivity index (χ3n) is 3.80.